The molecule has 104 valence electrons. The van der Waals surface area contributed by atoms with Crippen LogP contribution in [-0.4, -0.2) is 19.1 Å². The van der Waals surface area contributed by atoms with E-state index < -0.39 is 0 Å². The Morgan fingerprint density at radius 1 is 1.10 bits per heavy atom. The van der Waals surface area contributed by atoms with Gasteiger partial charge < -0.3 is 9.64 Å². The van der Waals surface area contributed by atoms with E-state index in [1.807, 2.05) is 61.5 Å². The molecule has 0 unspecified atom stereocenters. The highest BCUT2D eigenvalue weighted by Gasteiger charge is 2.14. The number of rotatable bonds is 5. The van der Waals surface area contributed by atoms with E-state index in [1.54, 1.807) is 4.90 Å². The first-order valence-corrected chi connectivity index (χ1v) is 7.24. The van der Waals surface area contributed by atoms with Gasteiger partial charge in [0.25, 0.3) is 5.91 Å². The van der Waals surface area contributed by atoms with E-state index in [0.29, 0.717) is 12.3 Å². The molecule has 1 amide bonds. The van der Waals surface area contributed by atoms with Crippen LogP contribution in [0.4, 0.5) is 5.69 Å². The van der Waals surface area contributed by atoms with E-state index >= 15 is 0 Å². The molecule has 0 saturated carbocycles. The maximum Gasteiger partial charge on any atom is 0.264 e. The Morgan fingerprint density at radius 3 is 2.40 bits per heavy atom. The second-order valence-electron chi connectivity index (χ2n) is 4.19. The quantitative estimate of drug-likeness (QED) is 0.830. The zero-order valence-electron chi connectivity index (χ0n) is 11.3. The normalized spacial score (nSPS) is 10.1. The molecule has 2 rings (SSSR count). The Labute approximate surface area is 127 Å². The maximum atomic E-state index is 12.2. The molecule has 2 aromatic carbocycles. The largest absolute Gasteiger partial charge is 0.483 e. The summed E-state index contributed by atoms with van der Waals surface area (Å²) in [6.45, 7) is 2.58. The molecule has 0 atom stereocenters. The van der Waals surface area contributed by atoms with Crippen molar-refractivity contribution in [1.29, 1.82) is 0 Å². The van der Waals surface area contributed by atoms with Gasteiger partial charge in [-0.15, -0.1) is 0 Å². The first-order valence-electron chi connectivity index (χ1n) is 6.45. The van der Waals surface area contributed by atoms with Crippen molar-refractivity contribution in [2.24, 2.45) is 0 Å². The molecule has 0 saturated heterocycles. The van der Waals surface area contributed by atoms with Crippen molar-refractivity contribution in [3.63, 3.8) is 0 Å². The van der Waals surface area contributed by atoms with Crippen LogP contribution in [0.1, 0.15) is 6.92 Å². The predicted octanol–water partition coefficient (Wildman–Crippen LogP) is 3.88. The number of anilines is 1. The highest BCUT2D eigenvalue weighted by Crippen LogP contribution is 2.24. The summed E-state index contributed by atoms with van der Waals surface area (Å²) >= 11 is 3.40. The molecule has 4 heteroatoms. The summed E-state index contributed by atoms with van der Waals surface area (Å²) in [6, 6.07) is 17.1. The molecule has 20 heavy (non-hydrogen) atoms. The van der Waals surface area contributed by atoms with Gasteiger partial charge >= 0.3 is 0 Å². The maximum absolute atomic E-state index is 12.2. The fourth-order valence-corrected chi connectivity index (χ4v) is 2.29. The average molecular weight is 334 g/mol. The van der Waals surface area contributed by atoms with Crippen LogP contribution in [0.2, 0.25) is 0 Å². The molecule has 0 aliphatic rings. The molecule has 0 spiro atoms. The first-order chi connectivity index (χ1) is 9.72. The van der Waals surface area contributed by atoms with Crippen LogP contribution in [0.15, 0.2) is 59.1 Å². The Hall–Kier alpha value is -1.81. The van der Waals surface area contributed by atoms with E-state index in [2.05, 4.69) is 15.9 Å². The topological polar surface area (TPSA) is 29.5 Å². The molecule has 0 N–H and O–H groups in total. The third-order valence-electron chi connectivity index (χ3n) is 2.87. The summed E-state index contributed by atoms with van der Waals surface area (Å²) in [5.74, 6) is 0.611. The minimum Gasteiger partial charge on any atom is -0.483 e. The zero-order chi connectivity index (χ0) is 14.4. The number of carbonyl (C=O) groups is 1. The van der Waals surface area contributed by atoms with Gasteiger partial charge in [0, 0.05) is 12.2 Å². The Bertz CT molecular complexity index is 572. The fourth-order valence-electron chi connectivity index (χ4n) is 1.89. The van der Waals surface area contributed by atoms with Gasteiger partial charge in [-0.05, 0) is 47.1 Å². The minimum atomic E-state index is -0.0607. The van der Waals surface area contributed by atoms with Crippen molar-refractivity contribution >= 4 is 27.5 Å². The minimum absolute atomic E-state index is 0.0192. The van der Waals surface area contributed by atoms with E-state index in [0.717, 1.165) is 10.2 Å². The second kappa shape index (κ2) is 7.10. The molecule has 0 bridgehead atoms. The lowest BCUT2D eigenvalue weighted by Gasteiger charge is -2.21. The number of ether oxygens (including phenoxy) is 1. The summed E-state index contributed by atoms with van der Waals surface area (Å²) in [6.07, 6.45) is 0. The average Bonchev–Trinajstić information content (AvgIpc) is 2.48. The summed E-state index contributed by atoms with van der Waals surface area (Å²) < 4.78 is 6.41. The van der Waals surface area contributed by atoms with Gasteiger partial charge in [0.05, 0.1) is 4.47 Å². The molecule has 0 heterocycles. The number of amides is 1. The van der Waals surface area contributed by atoms with E-state index in [1.165, 1.54) is 0 Å². The number of hydrogen-bond acceptors (Lipinski definition) is 2. The smallest absolute Gasteiger partial charge is 0.264 e. The molecule has 0 aliphatic heterocycles. The number of benzene rings is 2. The van der Waals surface area contributed by atoms with Crippen LogP contribution < -0.4 is 9.64 Å². The van der Waals surface area contributed by atoms with E-state index in [-0.39, 0.29) is 12.5 Å². The molecule has 3 nitrogen and oxygen atoms in total. The van der Waals surface area contributed by atoms with Gasteiger partial charge in [0.1, 0.15) is 5.75 Å². The van der Waals surface area contributed by atoms with Crippen LogP contribution in [0.25, 0.3) is 0 Å². The number of hydrogen-bond donors (Lipinski definition) is 0. The first kappa shape index (κ1) is 14.6. The standard InChI is InChI=1S/C16H16BrNO2/c1-2-18(13-8-4-3-5-9-13)16(19)12-20-15-11-7-6-10-14(15)17/h3-11H,2,12H2,1H3. The number of para-hydroxylation sites is 2. The van der Waals surface area contributed by atoms with Gasteiger partial charge in [-0.3, -0.25) is 4.79 Å². The van der Waals surface area contributed by atoms with Gasteiger partial charge in [-0.25, -0.2) is 0 Å². The van der Waals surface area contributed by atoms with Crippen LogP contribution in [0.5, 0.6) is 5.75 Å². The monoisotopic (exact) mass is 333 g/mol. The number of likely N-dealkylation sites (N-methyl/N-ethyl adjacent to an activating group) is 1. The molecule has 0 aromatic heterocycles. The third kappa shape index (κ3) is 3.61. The Kier molecular flexibility index (Phi) is 5.18. The molecule has 2 aromatic rings. The van der Waals surface area contributed by atoms with Crippen molar-refractivity contribution in [2.75, 3.05) is 18.1 Å². The van der Waals surface area contributed by atoms with Crippen LogP contribution in [-0.2, 0) is 4.79 Å². The van der Waals surface area contributed by atoms with Crippen molar-refractivity contribution < 1.29 is 9.53 Å². The number of nitrogens with zero attached hydrogens (tertiary/aromatic N) is 1. The highest BCUT2D eigenvalue weighted by molar-refractivity contribution is 9.10. The SMILES string of the molecule is CCN(C(=O)COc1ccccc1Br)c1ccccc1. The van der Waals surface area contributed by atoms with Crippen LogP contribution in [0, 0.1) is 0 Å². The van der Waals surface area contributed by atoms with Gasteiger partial charge in [-0.1, -0.05) is 30.3 Å². The summed E-state index contributed by atoms with van der Waals surface area (Å²) in [4.78, 5) is 14.0. The van der Waals surface area contributed by atoms with Crippen molar-refractivity contribution in [2.45, 2.75) is 6.92 Å². The van der Waals surface area contributed by atoms with E-state index in [9.17, 15) is 4.79 Å². The van der Waals surface area contributed by atoms with E-state index in [4.69, 9.17) is 4.74 Å². The van der Waals surface area contributed by atoms with Gasteiger partial charge in [-0.2, -0.15) is 0 Å². The fraction of sp³-hybridized carbons (Fsp3) is 0.188. The Morgan fingerprint density at radius 2 is 1.75 bits per heavy atom. The summed E-state index contributed by atoms with van der Waals surface area (Å²) in [7, 11) is 0. The zero-order valence-corrected chi connectivity index (χ0v) is 12.8. The highest BCUT2D eigenvalue weighted by atomic mass is 79.9. The molecule has 0 radical (unpaired) electrons. The molecular weight excluding hydrogens is 318 g/mol. The lowest BCUT2D eigenvalue weighted by molar-refractivity contribution is -0.120. The number of halogens is 1. The number of carbonyl (C=O) groups excluding carboxylic acids is 1. The van der Waals surface area contributed by atoms with Crippen LogP contribution in [0.3, 0.4) is 0 Å². The van der Waals surface area contributed by atoms with Gasteiger partial charge in [0.2, 0.25) is 0 Å². The Balaban J connectivity index is 2.02. The van der Waals surface area contributed by atoms with Crippen molar-refractivity contribution in [3.8, 4) is 5.75 Å². The lowest BCUT2D eigenvalue weighted by Crippen LogP contribution is -2.34. The third-order valence-corrected chi connectivity index (χ3v) is 3.53. The molecule has 0 aliphatic carbocycles. The predicted molar refractivity (Wildman–Crippen MR) is 84.1 cm³/mol. The van der Waals surface area contributed by atoms with Crippen molar-refractivity contribution in [3.05, 3.63) is 59.1 Å². The lowest BCUT2D eigenvalue weighted by atomic mass is 10.3. The van der Waals surface area contributed by atoms with Crippen LogP contribution >= 0.6 is 15.9 Å². The summed E-state index contributed by atoms with van der Waals surface area (Å²) in [5, 5.41) is 0. The summed E-state index contributed by atoms with van der Waals surface area (Å²) in [5.41, 5.74) is 0.885. The molecule has 0 fully saturated rings. The van der Waals surface area contributed by atoms with Crippen molar-refractivity contribution in [1.82, 2.24) is 0 Å². The molecular formula is C16H16BrNO2. The van der Waals surface area contributed by atoms with Gasteiger partial charge in [0.15, 0.2) is 6.61 Å². The second-order valence-corrected chi connectivity index (χ2v) is 5.05.